The van der Waals surface area contributed by atoms with Crippen molar-refractivity contribution < 1.29 is 13.2 Å². The first-order chi connectivity index (χ1) is 12.4. The third-order valence-corrected chi connectivity index (χ3v) is 6.96. The average molecular weight is 376 g/mol. The van der Waals surface area contributed by atoms with Crippen molar-refractivity contribution in [3.05, 3.63) is 47.7 Å². The molecule has 3 atom stereocenters. The number of fused-ring (bicyclic) bond motifs is 1. The Kier molecular flexibility index (Phi) is 4.60. The quantitative estimate of drug-likeness (QED) is 0.868. The second-order valence-electron chi connectivity index (χ2n) is 7.15. The maximum absolute atomic E-state index is 12.8. The van der Waals surface area contributed by atoms with Crippen LogP contribution in [0.2, 0.25) is 0 Å². The van der Waals surface area contributed by atoms with Crippen LogP contribution < -0.4 is 4.72 Å². The third-order valence-electron chi connectivity index (χ3n) is 5.22. The Hall–Kier alpha value is -1.74. The maximum atomic E-state index is 12.8. The lowest BCUT2D eigenvalue weighted by Crippen LogP contribution is -2.43. The van der Waals surface area contributed by atoms with E-state index in [-0.39, 0.29) is 23.2 Å². The van der Waals surface area contributed by atoms with E-state index in [1.54, 1.807) is 20.2 Å². The lowest BCUT2D eigenvalue weighted by atomic mass is 10.1. The van der Waals surface area contributed by atoms with Crippen LogP contribution in [0.15, 0.2) is 41.6 Å². The second-order valence-corrected chi connectivity index (χ2v) is 8.78. The van der Waals surface area contributed by atoms with E-state index in [4.69, 9.17) is 4.74 Å². The van der Waals surface area contributed by atoms with E-state index in [0.717, 1.165) is 13.0 Å². The number of benzene rings is 1. The van der Waals surface area contributed by atoms with E-state index in [1.165, 1.54) is 10.2 Å². The molecule has 1 aromatic carbocycles. The highest BCUT2D eigenvalue weighted by Crippen LogP contribution is 2.30. The van der Waals surface area contributed by atoms with Gasteiger partial charge < -0.3 is 4.74 Å². The number of rotatable bonds is 4. The molecule has 1 N–H and O–H groups in total. The number of nitrogens with one attached hydrogen (secondary N) is 1. The summed E-state index contributed by atoms with van der Waals surface area (Å²) in [5.74, 6) is 0. The lowest BCUT2D eigenvalue weighted by molar-refractivity contribution is -0.0502. The van der Waals surface area contributed by atoms with Crippen molar-refractivity contribution in [2.45, 2.75) is 36.6 Å². The first kappa shape index (κ1) is 17.7. The number of aryl methyl sites for hydroxylation is 2. The first-order valence-corrected chi connectivity index (χ1v) is 10.3. The number of aromatic nitrogens is 2. The average Bonchev–Trinajstić information content (AvgIpc) is 3.16. The molecule has 0 aliphatic carbocycles. The Labute approximate surface area is 154 Å². The molecule has 26 heavy (non-hydrogen) atoms. The minimum absolute atomic E-state index is 0.0436. The third kappa shape index (κ3) is 3.29. The monoisotopic (exact) mass is 376 g/mol. The molecule has 2 aliphatic heterocycles. The predicted octanol–water partition coefficient (Wildman–Crippen LogP) is 1.22. The van der Waals surface area contributed by atoms with Crippen molar-refractivity contribution in [3.8, 4) is 0 Å². The molecular formula is C18H24N4O3S. The summed E-state index contributed by atoms with van der Waals surface area (Å²) in [6.45, 7) is 3.88. The van der Waals surface area contributed by atoms with Gasteiger partial charge in [-0.15, -0.1) is 0 Å². The molecule has 2 fully saturated rings. The Morgan fingerprint density at radius 1 is 1.23 bits per heavy atom. The molecule has 2 saturated heterocycles. The van der Waals surface area contributed by atoms with Crippen molar-refractivity contribution >= 4 is 10.0 Å². The second kappa shape index (κ2) is 6.77. The van der Waals surface area contributed by atoms with E-state index in [9.17, 15) is 8.42 Å². The minimum atomic E-state index is -3.59. The summed E-state index contributed by atoms with van der Waals surface area (Å²) in [5, 5.41) is 4.28. The zero-order valence-electron chi connectivity index (χ0n) is 15.0. The van der Waals surface area contributed by atoms with Gasteiger partial charge in [-0.3, -0.25) is 9.58 Å². The van der Waals surface area contributed by atoms with Gasteiger partial charge in [0.2, 0.25) is 0 Å². The summed E-state index contributed by atoms with van der Waals surface area (Å²) in [6, 6.07) is 10.3. The summed E-state index contributed by atoms with van der Waals surface area (Å²) in [6.07, 6.45) is 2.38. The summed E-state index contributed by atoms with van der Waals surface area (Å²) in [5.41, 5.74) is 1.82. The van der Waals surface area contributed by atoms with Crippen LogP contribution in [0, 0.1) is 6.92 Å². The highest BCUT2D eigenvalue weighted by atomic mass is 32.2. The Morgan fingerprint density at radius 3 is 2.69 bits per heavy atom. The number of sulfonamides is 1. The van der Waals surface area contributed by atoms with Crippen LogP contribution >= 0.6 is 0 Å². The van der Waals surface area contributed by atoms with Gasteiger partial charge in [-0.25, -0.2) is 13.1 Å². The van der Waals surface area contributed by atoms with Crippen LogP contribution in [0.3, 0.4) is 0 Å². The van der Waals surface area contributed by atoms with Gasteiger partial charge in [0.25, 0.3) is 10.0 Å². The highest BCUT2D eigenvalue weighted by Gasteiger charge is 2.39. The molecule has 2 aliphatic rings. The molecule has 0 amide bonds. The van der Waals surface area contributed by atoms with Crippen LogP contribution in [0.4, 0.5) is 0 Å². The predicted molar refractivity (Wildman–Crippen MR) is 97.2 cm³/mol. The summed E-state index contributed by atoms with van der Waals surface area (Å²) in [4.78, 5) is 2.34. The summed E-state index contributed by atoms with van der Waals surface area (Å²) >= 11 is 0. The van der Waals surface area contributed by atoms with E-state index in [1.807, 2.05) is 18.2 Å². The van der Waals surface area contributed by atoms with Crippen molar-refractivity contribution in [1.82, 2.24) is 19.4 Å². The van der Waals surface area contributed by atoms with E-state index in [2.05, 4.69) is 26.9 Å². The SMILES string of the molecule is Cc1cnn(C)c1S(=O)(=O)N[C@H]1C[C@H]2CO[C@@H](c3ccccc3)CN2C1. The molecule has 0 spiro atoms. The topological polar surface area (TPSA) is 76.5 Å². The van der Waals surface area contributed by atoms with Gasteiger partial charge in [0.15, 0.2) is 5.03 Å². The molecule has 0 saturated carbocycles. The van der Waals surface area contributed by atoms with Crippen LogP contribution in [-0.4, -0.2) is 54.9 Å². The van der Waals surface area contributed by atoms with E-state index < -0.39 is 10.0 Å². The van der Waals surface area contributed by atoms with Gasteiger partial charge in [-0.2, -0.15) is 5.10 Å². The van der Waals surface area contributed by atoms with Gasteiger partial charge in [-0.05, 0) is 18.9 Å². The van der Waals surface area contributed by atoms with E-state index in [0.29, 0.717) is 18.7 Å². The smallest absolute Gasteiger partial charge is 0.258 e. The minimum Gasteiger partial charge on any atom is -0.371 e. The number of morpholine rings is 1. The molecular weight excluding hydrogens is 352 g/mol. The van der Waals surface area contributed by atoms with Crippen molar-refractivity contribution in [3.63, 3.8) is 0 Å². The van der Waals surface area contributed by atoms with Gasteiger partial charge in [0.1, 0.15) is 0 Å². The van der Waals surface area contributed by atoms with Crippen LogP contribution in [0.1, 0.15) is 23.7 Å². The fourth-order valence-electron chi connectivity index (χ4n) is 4.03. The van der Waals surface area contributed by atoms with Crippen LogP contribution in [0.5, 0.6) is 0 Å². The molecule has 3 heterocycles. The van der Waals surface area contributed by atoms with Crippen LogP contribution in [-0.2, 0) is 21.8 Å². The Bertz CT molecular complexity index is 862. The molecule has 7 nitrogen and oxygen atoms in total. The van der Waals surface area contributed by atoms with E-state index >= 15 is 0 Å². The Morgan fingerprint density at radius 2 is 2.00 bits per heavy atom. The number of ether oxygens (including phenoxy) is 1. The maximum Gasteiger partial charge on any atom is 0.258 e. The largest absolute Gasteiger partial charge is 0.371 e. The van der Waals surface area contributed by atoms with Gasteiger partial charge >= 0.3 is 0 Å². The molecule has 140 valence electrons. The summed E-state index contributed by atoms with van der Waals surface area (Å²) < 4.78 is 35.8. The molecule has 0 bridgehead atoms. The Balaban J connectivity index is 1.44. The van der Waals surface area contributed by atoms with Gasteiger partial charge in [-0.1, -0.05) is 30.3 Å². The number of nitrogens with zero attached hydrogens (tertiary/aromatic N) is 3. The number of hydrogen-bond donors (Lipinski definition) is 1. The molecule has 2 aromatic rings. The lowest BCUT2D eigenvalue weighted by Gasteiger charge is -2.35. The standard InChI is InChI=1S/C18H24N4O3S/c1-13-9-19-21(2)18(13)26(23,24)20-15-8-16-12-25-17(11-22(16)10-15)14-6-4-3-5-7-14/h3-7,9,15-17,20H,8,10-12H2,1-2H3/t15-,16-,17+/m0/s1. The molecule has 8 heteroatoms. The van der Waals surface area contributed by atoms with Crippen molar-refractivity contribution in [1.29, 1.82) is 0 Å². The first-order valence-electron chi connectivity index (χ1n) is 8.85. The highest BCUT2D eigenvalue weighted by molar-refractivity contribution is 7.89. The zero-order valence-corrected chi connectivity index (χ0v) is 15.8. The van der Waals surface area contributed by atoms with Crippen LogP contribution in [0.25, 0.3) is 0 Å². The number of hydrogen-bond acceptors (Lipinski definition) is 5. The summed E-state index contributed by atoms with van der Waals surface area (Å²) in [7, 11) is -1.94. The molecule has 0 unspecified atom stereocenters. The molecule has 0 radical (unpaired) electrons. The van der Waals surface area contributed by atoms with Crippen molar-refractivity contribution in [2.75, 3.05) is 19.7 Å². The van der Waals surface area contributed by atoms with Crippen molar-refractivity contribution in [2.24, 2.45) is 7.05 Å². The zero-order chi connectivity index (χ0) is 18.3. The van der Waals surface area contributed by atoms with Gasteiger partial charge in [0.05, 0.1) is 18.9 Å². The van der Waals surface area contributed by atoms with Gasteiger partial charge in [0, 0.05) is 37.8 Å². The molecule has 1 aromatic heterocycles. The fraction of sp³-hybridized carbons (Fsp3) is 0.500. The normalized spacial score (nSPS) is 26.8. The fourth-order valence-corrected chi connectivity index (χ4v) is 5.62. The molecule has 4 rings (SSSR count).